The number of hydrogen-bond acceptors (Lipinski definition) is 8. The summed E-state index contributed by atoms with van der Waals surface area (Å²) in [6.07, 6.45) is 0. The third-order valence-corrected chi connectivity index (χ3v) is 3.55. The first kappa shape index (κ1) is 14.4. The number of hydrogen-bond donors (Lipinski definition) is 2. The van der Waals surface area contributed by atoms with Gasteiger partial charge in [-0.05, 0) is 13.8 Å². The summed E-state index contributed by atoms with van der Waals surface area (Å²) < 4.78 is 0. The van der Waals surface area contributed by atoms with Crippen molar-refractivity contribution in [1.29, 1.82) is 0 Å². The fourth-order valence-corrected chi connectivity index (χ4v) is 2.25. The number of thiazole rings is 1. The van der Waals surface area contributed by atoms with E-state index >= 15 is 0 Å². The van der Waals surface area contributed by atoms with Gasteiger partial charge in [0.05, 0.1) is 17.7 Å². The summed E-state index contributed by atoms with van der Waals surface area (Å²) in [4.78, 5) is 20.3. The minimum Gasteiger partial charge on any atom is -0.354 e. The van der Waals surface area contributed by atoms with Crippen LogP contribution in [0.15, 0.2) is 5.51 Å². The van der Waals surface area contributed by atoms with Gasteiger partial charge in [-0.3, -0.25) is 0 Å². The zero-order chi connectivity index (χ0) is 14.5. The van der Waals surface area contributed by atoms with E-state index in [1.807, 2.05) is 38.4 Å². The first-order valence-electron chi connectivity index (χ1n) is 6.40. The Hall–Kier alpha value is -1.96. The second kappa shape index (κ2) is 6.47. The molecule has 2 rings (SSSR count). The Morgan fingerprint density at radius 3 is 2.40 bits per heavy atom. The van der Waals surface area contributed by atoms with E-state index in [0.717, 1.165) is 12.2 Å². The molecular weight excluding hydrogens is 274 g/mol. The van der Waals surface area contributed by atoms with Gasteiger partial charge in [-0.25, -0.2) is 4.98 Å². The van der Waals surface area contributed by atoms with Crippen molar-refractivity contribution in [3.63, 3.8) is 0 Å². The first-order chi connectivity index (χ1) is 9.60. The molecular formula is C12H19N7S. The molecule has 2 N–H and O–H groups in total. The van der Waals surface area contributed by atoms with Crippen LogP contribution in [0.5, 0.6) is 0 Å². The molecule has 2 heterocycles. The molecule has 0 fully saturated rings. The van der Waals surface area contributed by atoms with E-state index in [1.54, 1.807) is 11.3 Å². The predicted molar refractivity (Wildman–Crippen MR) is 82.5 cm³/mol. The van der Waals surface area contributed by atoms with E-state index in [2.05, 4.69) is 30.6 Å². The smallest absolute Gasteiger partial charge is 0.231 e. The molecule has 0 saturated carbocycles. The summed E-state index contributed by atoms with van der Waals surface area (Å²) in [6.45, 7) is 5.44. The highest BCUT2D eigenvalue weighted by molar-refractivity contribution is 7.09. The topological polar surface area (TPSA) is 78.9 Å². The minimum atomic E-state index is 0.562. The Bertz CT molecular complexity index is 567. The molecule has 0 bridgehead atoms. The van der Waals surface area contributed by atoms with E-state index in [0.29, 0.717) is 24.4 Å². The molecule has 0 unspecified atom stereocenters. The molecule has 0 amide bonds. The van der Waals surface area contributed by atoms with Crippen molar-refractivity contribution in [3.8, 4) is 0 Å². The molecule has 20 heavy (non-hydrogen) atoms. The Morgan fingerprint density at radius 1 is 1.15 bits per heavy atom. The van der Waals surface area contributed by atoms with E-state index in [-0.39, 0.29) is 0 Å². The van der Waals surface area contributed by atoms with Crippen LogP contribution in [0.2, 0.25) is 0 Å². The van der Waals surface area contributed by atoms with Gasteiger partial charge in [-0.2, -0.15) is 15.0 Å². The predicted octanol–water partition coefficient (Wildman–Crippen LogP) is 1.75. The Morgan fingerprint density at radius 2 is 1.85 bits per heavy atom. The van der Waals surface area contributed by atoms with E-state index in [9.17, 15) is 0 Å². The van der Waals surface area contributed by atoms with Crippen LogP contribution < -0.4 is 15.5 Å². The van der Waals surface area contributed by atoms with Crippen molar-refractivity contribution in [2.24, 2.45) is 0 Å². The molecule has 0 atom stereocenters. The van der Waals surface area contributed by atoms with Crippen LogP contribution in [-0.2, 0) is 6.54 Å². The van der Waals surface area contributed by atoms with Crippen LogP contribution >= 0.6 is 11.3 Å². The summed E-state index contributed by atoms with van der Waals surface area (Å²) in [7, 11) is 3.81. The Labute approximate surface area is 122 Å². The number of nitrogens with one attached hydrogen (secondary N) is 2. The fourth-order valence-electron chi connectivity index (χ4n) is 1.54. The lowest BCUT2D eigenvalue weighted by Crippen LogP contribution is -2.17. The molecule has 0 aliphatic carbocycles. The van der Waals surface area contributed by atoms with Crippen molar-refractivity contribution in [2.45, 2.75) is 20.4 Å². The van der Waals surface area contributed by atoms with E-state index in [4.69, 9.17) is 0 Å². The van der Waals surface area contributed by atoms with Crippen molar-refractivity contribution in [1.82, 2.24) is 19.9 Å². The van der Waals surface area contributed by atoms with Crippen molar-refractivity contribution >= 4 is 29.2 Å². The summed E-state index contributed by atoms with van der Waals surface area (Å²) in [6, 6.07) is 0. The third-order valence-electron chi connectivity index (χ3n) is 2.61. The molecule has 0 radical (unpaired) electrons. The zero-order valence-corrected chi connectivity index (χ0v) is 13.0. The molecule has 108 valence electrons. The van der Waals surface area contributed by atoms with Gasteiger partial charge >= 0.3 is 0 Å². The quantitative estimate of drug-likeness (QED) is 0.840. The van der Waals surface area contributed by atoms with Crippen molar-refractivity contribution in [3.05, 3.63) is 16.1 Å². The molecule has 0 spiro atoms. The van der Waals surface area contributed by atoms with Crippen molar-refractivity contribution in [2.75, 3.05) is 36.2 Å². The fraction of sp³-hybridized carbons (Fsp3) is 0.500. The largest absolute Gasteiger partial charge is 0.354 e. The normalized spacial score (nSPS) is 10.4. The lowest BCUT2D eigenvalue weighted by Gasteiger charge is -2.13. The molecule has 0 saturated heterocycles. The number of rotatable bonds is 6. The van der Waals surface area contributed by atoms with Gasteiger partial charge in [-0.1, -0.05) is 0 Å². The zero-order valence-electron chi connectivity index (χ0n) is 12.1. The van der Waals surface area contributed by atoms with Gasteiger partial charge in [0.15, 0.2) is 0 Å². The lowest BCUT2D eigenvalue weighted by molar-refractivity contribution is 0.936. The van der Waals surface area contributed by atoms with Gasteiger partial charge in [-0.15, -0.1) is 11.3 Å². The number of aromatic nitrogens is 4. The van der Waals surface area contributed by atoms with Gasteiger partial charge in [0.25, 0.3) is 0 Å². The molecule has 0 aromatic carbocycles. The second-order valence-corrected chi connectivity index (χ2v) is 5.36. The highest BCUT2D eigenvalue weighted by atomic mass is 32.1. The van der Waals surface area contributed by atoms with Gasteiger partial charge in [0.1, 0.15) is 0 Å². The summed E-state index contributed by atoms with van der Waals surface area (Å²) in [5.41, 5.74) is 2.88. The molecule has 2 aromatic heterocycles. The second-order valence-electron chi connectivity index (χ2n) is 4.42. The van der Waals surface area contributed by atoms with Gasteiger partial charge in [0, 0.05) is 25.5 Å². The molecule has 0 aliphatic rings. The van der Waals surface area contributed by atoms with Crippen LogP contribution in [0.25, 0.3) is 0 Å². The summed E-state index contributed by atoms with van der Waals surface area (Å²) in [5, 5.41) is 6.33. The average molecular weight is 293 g/mol. The maximum absolute atomic E-state index is 4.38. The standard InChI is InChI=1S/C12H19N7S/c1-5-13-10-16-11(18-12(17-10)19(3)4)14-6-9-8(2)15-7-20-9/h7H,5-6H2,1-4H3,(H2,13,14,16,17,18). The molecule has 0 aliphatic heterocycles. The van der Waals surface area contributed by atoms with Crippen LogP contribution in [0.4, 0.5) is 17.8 Å². The van der Waals surface area contributed by atoms with Crippen LogP contribution in [-0.4, -0.2) is 40.6 Å². The average Bonchev–Trinajstić information content (AvgIpc) is 2.82. The van der Waals surface area contributed by atoms with Gasteiger partial charge < -0.3 is 15.5 Å². The molecule has 7 nitrogen and oxygen atoms in total. The van der Waals surface area contributed by atoms with Crippen LogP contribution in [0.1, 0.15) is 17.5 Å². The monoisotopic (exact) mass is 293 g/mol. The van der Waals surface area contributed by atoms with E-state index in [1.165, 1.54) is 4.88 Å². The van der Waals surface area contributed by atoms with Crippen LogP contribution in [0, 0.1) is 6.92 Å². The number of anilines is 3. The first-order valence-corrected chi connectivity index (χ1v) is 7.28. The number of nitrogens with zero attached hydrogens (tertiary/aromatic N) is 5. The van der Waals surface area contributed by atoms with Gasteiger partial charge in [0.2, 0.25) is 17.8 Å². The highest BCUT2D eigenvalue weighted by Crippen LogP contribution is 2.15. The SMILES string of the molecule is CCNc1nc(NCc2scnc2C)nc(N(C)C)n1. The highest BCUT2D eigenvalue weighted by Gasteiger charge is 2.08. The molecule has 2 aromatic rings. The van der Waals surface area contributed by atoms with Crippen LogP contribution in [0.3, 0.4) is 0 Å². The van der Waals surface area contributed by atoms with Crippen molar-refractivity contribution < 1.29 is 0 Å². The number of aryl methyl sites for hydroxylation is 1. The maximum atomic E-state index is 4.38. The Balaban J connectivity index is 2.15. The summed E-state index contributed by atoms with van der Waals surface area (Å²) in [5.74, 6) is 1.77. The Kier molecular flexibility index (Phi) is 4.67. The van der Waals surface area contributed by atoms with E-state index < -0.39 is 0 Å². The molecule has 8 heteroatoms. The lowest BCUT2D eigenvalue weighted by atomic mass is 10.4. The summed E-state index contributed by atoms with van der Waals surface area (Å²) >= 11 is 1.62. The third kappa shape index (κ3) is 3.53. The maximum Gasteiger partial charge on any atom is 0.231 e. The minimum absolute atomic E-state index is 0.562.